The van der Waals surface area contributed by atoms with Crippen molar-refractivity contribution in [3.05, 3.63) is 62.5 Å². The summed E-state index contributed by atoms with van der Waals surface area (Å²) >= 11 is 6.99. The molecular formula is C15H12Br2N2. The van der Waals surface area contributed by atoms with Crippen LogP contribution in [-0.2, 0) is 0 Å². The lowest BCUT2D eigenvalue weighted by molar-refractivity contribution is 0.882. The molecule has 19 heavy (non-hydrogen) atoms. The molecule has 0 saturated carbocycles. The summed E-state index contributed by atoms with van der Waals surface area (Å²) in [6, 6.07) is 15.9. The first-order chi connectivity index (χ1) is 9.10. The number of nitrogens with zero attached hydrogens (tertiary/aromatic N) is 1. The van der Waals surface area contributed by atoms with Crippen LogP contribution in [-0.4, -0.2) is 0 Å². The fourth-order valence-corrected chi connectivity index (χ4v) is 2.52. The molecule has 0 aliphatic heterocycles. The smallest absolute Gasteiger partial charge is 0.0991 e. The Hall–Kier alpha value is -1.31. The largest absolute Gasteiger partial charge is 0.378 e. The zero-order valence-electron chi connectivity index (χ0n) is 10.3. The molecule has 0 heterocycles. The van der Waals surface area contributed by atoms with Crippen LogP contribution in [0.1, 0.15) is 24.1 Å². The van der Waals surface area contributed by atoms with Gasteiger partial charge in [0.15, 0.2) is 0 Å². The van der Waals surface area contributed by atoms with Crippen molar-refractivity contribution in [3.63, 3.8) is 0 Å². The van der Waals surface area contributed by atoms with Gasteiger partial charge in [-0.25, -0.2) is 0 Å². The number of anilines is 1. The predicted octanol–water partition coefficient (Wildman–Crippen LogP) is 5.26. The first kappa shape index (κ1) is 14.1. The van der Waals surface area contributed by atoms with Gasteiger partial charge in [0, 0.05) is 15.0 Å². The molecule has 1 atom stereocenters. The highest BCUT2D eigenvalue weighted by Crippen LogP contribution is 2.29. The van der Waals surface area contributed by atoms with Crippen LogP contribution >= 0.6 is 31.9 Å². The number of hydrogen-bond donors (Lipinski definition) is 1. The van der Waals surface area contributed by atoms with Gasteiger partial charge < -0.3 is 5.32 Å². The van der Waals surface area contributed by atoms with Crippen LogP contribution in [0, 0.1) is 11.3 Å². The molecule has 0 radical (unpaired) electrons. The Kier molecular flexibility index (Phi) is 4.62. The van der Waals surface area contributed by atoms with E-state index in [1.807, 2.05) is 42.5 Å². The summed E-state index contributed by atoms with van der Waals surface area (Å²) in [5, 5.41) is 12.4. The molecule has 1 N–H and O–H groups in total. The van der Waals surface area contributed by atoms with E-state index in [4.69, 9.17) is 5.26 Å². The molecule has 0 aliphatic rings. The number of hydrogen-bond acceptors (Lipinski definition) is 2. The standard InChI is InChI=1S/C15H12Br2N2/c1-10(12-4-2-3-11(7-12)9-18)19-15-8-13(16)5-6-14(15)17/h2-8,10,19H,1H3. The predicted molar refractivity (Wildman–Crippen MR) is 85.0 cm³/mol. The highest BCUT2D eigenvalue weighted by Gasteiger charge is 2.08. The first-order valence-corrected chi connectivity index (χ1v) is 7.40. The summed E-state index contributed by atoms with van der Waals surface area (Å²) < 4.78 is 2.04. The van der Waals surface area contributed by atoms with E-state index in [1.54, 1.807) is 0 Å². The zero-order chi connectivity index (χ0) is 13.8. The van der Waals surface area contributed by atoms with E-state index in [2.05, 4.69) is 50.2 Å². The molecule has 0 saturated heterocycles. The van der Waals surface area contributed by atoms with E-state index in [9.17, 15) is 0 Å². The van der Waals surface area contributed by atoms with E-state index in [-0.39, 0.29) is 6.04 Å². The molecule has 0 bridgehead atoms. The average molecular weight is 380 g/mol. The Labute approximate surface area is 129 Å². The second kappa shape index (κ2) is 6.23. The minimum atomic E-state index is 0.124. The Bertz CT molecular complexity index is 632. The average Bonchev–Trinajstić information content (AvgIpc) is 2.43. The van der Waals surface area contributed by atoms with Crippen LogP contribution in [0.3, 0.4) is 0 Å². The SMILES string of the molecule is CC(Nc1cc(Br)ccc1Br)c1cccc(C#N)c1. The third kappa shape index (κ3) is 3.59. The lowest BCUT2D eigenvalue weighted by atomic mass is 10.1. The third-order valence-electron chi connectivity index (χ3n) is 2.82. The van der Waals surface area contributed by atoms with E-state index in [0.29, 0.717) is 5.56 Å². The maximum atomic E-state index is 8.93. The molecule has 0 aromatic heterocycles. The molecule has 2 aromatic rings. The summed E-state index contributed by atoms with van der Waals surface area (Å²) in [5.41, 5.74) is 2.79. The molecule has 2 aromatic carbocycles. The molecule has 1 unspecified atom stereocenters. The van der Waals surface area contributed by atoms with Gasteiger partial charge in [0.2, 0.25) is 0 Å². The van der Waals surface area contributed by atoms with Crippen LogP contribution in [0.25, 0.3) is 0 Å². The number of halogens is 2. The Balaban J connectivity index is 2.23. The Morgan fingerprint density at radius 2 is 1.95 bits per heavy atom. The molecule has 0 aliphatic carbocycles. The number of rotatable bonds is 3. The first-order valence-electron chi connectivity index (χ1n) is 5.82. The number of nitriles is 1. The fraction of sp³-hybridized carbons (Fsp3) is 0.133. The van der Waals surface area contributed by atoms with Gasteiger partial charge in [-0.1, -0.05) is 28.1 Å². The summed E-state index contributed by atoms with van der Waals surface area (Å²) in [4.78, 5) is 0. The maximum absolute atomic E-state index is 8.93. The van der Waals surface area contributed by atoms with Crippen molar-refractivity contribution in [2.24, 2.45) is 0 Å². The number of nitrogens with one attached hydrogen (secondary N) is 1. The van der Waals surface area contributed by atoms with E-state index in [0.717, 1.165) is 20.2 Å². The normalized spacial score (nSPS) is 11.7. The molecule has 0 spiro atoms. The highest BCUT2D eigenvalue weighted by molar-refractivity contribution is 9.11. The Morgan fingerprint density at radius 3 is 2.68 bits per heavy atom. The van der Waals surface area contributed by atoms with Gasteiger partial charge in [0.25, 0.3) is 0 Å². The van der Waals surface area contributed by atoms with Crippen molar-refractivity contribution in [2.45, 2.75) is 13.0 Å². The molecule has 4 heteroatoms. The van der Waals surface area contributed by atoms with Crippen LogP contribution in [0.15, 0.2) is 51.4 Å². The zero-order valence-corrected chi connectivity index (χ0v) is 13.5. The minimum Gasteiger partial charge on any atom is -0.378 e. The second-order valence-corrected chi connectivity index (χ2v) is 6.00. The van der Waals surface area contributed by atoms with Gasteiger partial charge in [-0.3, -0.25) is 0 Å². The summed E-state index contributed by atoms with van der Waals surface area (Å²) in [6.07, 6.45) is 0. The van der Waals surface area contributed by atoms with Gasteiger partial charge in [-0.2, -0.15) is 5.26 Å². The van der Waals surface area contributed by atoms with Crippen molar-refractivity contribution >= 4 is 37.5 Å². The Morgan fingerprint density at radius 1 is 1.16 bits per heavy atom. The van der Waals surface area contributed by atoms with Crippen molar-refractivity contribution in [2.75, 3.05) is 5.32 Å². The summed E-state index contributed by atoms with van der Waals surface area (Å²) in [5.74, 6) is 0. The monoisotopic (exact) mass is 378 g/mol. The molecule has 0 amide bonds. The van der Waals surface area contributed by atoms with E-state index in [1.165, 1.54) is 0 Å². The van der Waals surface area contributed by atoms with Gasteiger partial charge in [-0.05, 0) is 58.7 Å². The van der Waals surface area contributed by atoms with Gasteiger partial charge >= 0.3 is 0 Å². The van der Waals surface area contributed by atoms with Crippen molar-refractivity contribution in [3.8, 4) is 6.07 Å². The van der Waals surface area contributed by atoms with E-state index >= 15 is 0 Å². The number of benzene rings is 2. The lowest BCUT2D eigenvalue weighted by Gasteiger charge is -2.17. The van der Waals surface area contributed by atoms with Crippen LogP contribution in [0.5, 0.6) is 0 Å². The van der Waals surface area contributed by atoms with E-state index < -0.39 is 0 Å². The van der Waals surface area contributed by atoms with Crippen molar-refractivity contribution in [1.29, 1.82) is 5.26 Å². The van der Waals surface area contributed by atoms with Crippen molar-refractivity contribution < 1.29 is 0 Å². The lowest BCUT2D eigenvalue weighted by Crippen LogP contribution is -2.07. The van der Waals surface area contributed by atoms with Gasteiger partial charge in [0.05, 0.1) is 17.3 Å². The second-order valence-electron chi connectivity index (χ2n) is 4.23. The quantitative estimate of drug-likeness (QED) is 0.789. The maximum Gasteiger partial charge on any atom is 0.0991 e. The molecule has 0 fully saturated rings. The minimum absolute atomic E-state index is 0.124. The highest BCUT2D eigenvalue weighted by atomic mass is 79.9. The molecule has 96 valence electrons. The van der Waals surface area contributed by atoms with Crippen LogP contribution in [0.4, 0.5) is 5.69 Å². The molecular weight excluding hydrogens is 368 g/mol. The van der Waals surface area contributed by atoms with Crippen molar-refractivity contribution in [1.82, 2.24) is 0 Å². The fourth-order valence-electron chi connectivity index (χ4n) is 1.80. The summed E-state index contributed by atoms with van der Waals surface area (Å²) in [7, 11) is 0. The summed E-state index contributed by atoms with van der Waals surface area (Å²) in [6.45, 7) is 2.07. The molecule has 2 rings (SSSR count). The molecule has 2 nitrogen and oxygen atoms in total. The van der Waals surface area contributed by atoms with Gasteiger partial charge in [0.1, 0.15) is 0 Å². The van der Waals surface area contributed by atoms with Crippen LogP contribution < -0.4 is 5.32 Å². The topological polar surface area (TPSA) is 35.8 Å². The van der Waals surface area contributed by atoms with Gasteiger partial charge in [-0.15, -0.1) is 0 Å². The third-order valence-corrected chi connectivity index (χ3v) is 4.00. The van der Waals surface area contributed by atoms with Crippen LogP contribution in [0.2, 0.25) is 0 Å².